The minimum atomic E-state index is -4.66. The zero-order chi connectivity index (χ0) is 36.9. The van der Waals surface area contributed by atoms with Crippen molar-refractivity contribution in [3.63, 3.8) is 0 Å². The molecule has 0 aliphatic carbocycles. The topological polar surface area (TPSA) is 271 Å². The van der Waals surface area contributed by atoms with E-state index in [9.17, 15) is 39.2 Å². The van der Waals surface area contributed by atoms with Crippen LogP contribution in [-0.4, -0.2) is 80.9 Å². The maximum absolute atomic E-state index is 14.7. The summed E-state index contributed by atoms with van der Waals surface area (Å²) in [6.45, 7) is 1.79. The molecule has 21 heteroatoms. The Hall–Kier alpha value is -4.65. The average molecular weight is 733 g/mol. The van der Waals surface area contributed by atoms with Crippen molar-refractivity contribution in [2.75, 3.05) is 20.3 Å². The molecule has 2 aliphatic rings. The fraction of sp³-hybridized carbons (Fsp3) is 0.500. The zero-order valence-electron chi connectivity index (χ0n) is 27.7. The fourth-order valence-corrected chi connectivity index (χ4v) is 7.48. The first kappa shape index (κ1) is 37.6. The van der Waals surface area contributed by atoms with Gasteiger partial charge in [0.05, 0.1) is 32.5 Å². The molecule has 8 atom stereocenters. The molecule has 2 aliphatic heterocycles. The Bertz CT molecular complexity index is 2060. The van der Waals surface area contributed by atoms with E-state index in [0.29, 0.717) is 5.56 Å². The number of azide groups is 1. The quantitative estimate of drug-likeness (QED) is 0.0589. The van der Waals surface area contributed by atoms with Crippen LogP contribution in [0.15, 0.2) is 67.0 Å². The number of rotatable bonds is 14. The third-order valence-electron chi connectivity index (χ3n) is 8.44. The van der Waals surface area contributed by atoms with Crippen LogP contribution in [0.25, 0.3) is 10.4 Å². The third-order valence-corrected chi connectivity index (χ3v) is 10.1. The number of ether oxygens (including phenoxy) is 3. The largest absolute Gasteiger partial charge is 0.468 e. The molecule has 0 saturated carbocycles. The number of carbonyl (C=O) groups is 1. The lowest BCUT2D eigenvalue weighted by atomic mass is 10.1. The van der Waals surface area contributed by atoms with Crippen LogP contribution < -0.4 is 27.6 Å². The van der Waals surface area contributed by atoms with Crippen molar-refractivity contribution < 1.29 is 37.7 Å². The van der Waals surface area contributed by atoms with Gasteiger partial charge in [0.2, 0.25) is 0 Å². The SMILES string of the molecule is COC(=O)C(Cc1ccccc1)NP(=O)(OC[C@H]1O[C@@H](n2cc(C)c(=O)[nH]c2=O)C[C@@H]1N=[N+]=[N-])O[C@H]1C[C@H](n2cc(C)c(=O)[nH]c2=O)O[C@@H]1CO. The Balaban J connectivity index is 1.44. The second-order valence-electron chi connectivity index (χ2n) is 12.0. The van der Waals surface area contributed by atoms with Crippen molar-refractivity contribution in [1.82, 2.24) is 24.2 Å². The lowest BCUT2D eigenvalue weighted by Gasteiger charge is -2.28. The summed E-state index contributed by atoms with van der Waals surface area (Å²) in [5.41, 5.74) is 7.63. The van der Waals surface area contributed by atoms with Gasteiger partial charge in [0.1, 0.15) is 30.7 Å². The fourth-order valence-electron chi connectivity index (χ4n) is 5.78. The van der Waals surface area contributed by atoms with E-state index in [1.54, 1.807) is 30.3 Å². The molecule has 0 bridgehead atoms. The molecule has 2 fully saturated rings. The molecule has 5 rings (SSSR count). The first-order valence-electron chi connectivity index (χ1n) is 15.8. The van der Waals surface area contributed by atoms with Gasteiger partial charge < -0.3 is 19.3 Å². The van der Waals surface area contributed by atoms with Crippen LogP contribution in [0.5, 0.6) is 0 Å². The van der Waals surface area contributed by atoms with E-state index in [1.807, 2.05) is 0 Å². The van der Waals surface area contributed by atoms with E-state index in [2.05, 4.69) is 25.1 Å². The molecule has 0 spiro atoms. The van der Waals surface area contributed by atoms with E-state index < -0.39 is 92.3 Å². The number of carbonyl (C=O) groups excluding carboxylic acids is 1. The Morgan fingerprint density at radius 3 is 2.20 bits per heavy atom. The van der Waals surface area contributed by atoms with Crippen molar-refractivity contribution in [2.45, 2.75) is 76.0 Å². The van der Waals surface area contributed by atoms with Crippen LogP contribution >= 0.6 is 7.75 Å². The Kier molecular flexibility index (Phi) is 11.9. The summed E-state index contributed by atoms with van der Waals surface area (Å²) in [4.78, 5) is 69.2. The molecule has 2 saturated heterocycles. The van der Waals surface area contributed by atoms with Crippen LogP contribution in [0.4, 0.5) is 0 Å². The highest BCUT2D eigenvalue weighted by Gasteiger charge is 2.45. The summed E-state index contributed by atoms with van der Waals surface area (Å²) >= 11 is 0. The molecule has 0 amide bonds. The van der Waals surface area contributed by atoms with E-state index >= 15 is 0 Å². The number of methoxy groups -OCH3 is 1. The summed E-state index contributed by atoms with van der Waals surface area (Å²) in [7, 11) is -3.51. The number of aryl methyl sites for hydroxylation is 2. The summed E-state index contributed by atoms with van der Waals surface area (Å²) in [6.07, 6.45) is -3.10. The number of nitrogens with zero attached hydrogens (tertiary/aromatic N) is 5. The maximum atomic E-state index is 14.7. The number of hydrogen-bond donors (Lipinski definition) is 4. The summed E-state index contributed by atoms with van der Waals surface area (Å²) in [5, 5.41) is 16.6. The van der Waals surface area contributed by atoms with Gasteiger partial charge in [0.25, 0.3) is 11.1 Å². The van der Waals surface area contributed by atoms with Gasteiger partial charge >= 0.3 is 25.1 Å². The number of hydrogen-bond acceptors (Lipinski definition) is 13. The first-order chi connectivity index (χ1) is 24.3. The predicted octanol–water partition coefficient (Wildman–Crippen LogP) is 0.834. The van der Waals surface area contributed by atoms with Gasteiger partial charge in [-0.3, -0.25) is 42.5 Å². The van der Waals surface area contributed by atoms with Gasteiger partial charge in [-0.15, -0.1) is 0 Å². The molecule has 3 aromatic rings. The molecule has 4 N–H and O–H groups in total. The van der Waals surface area contributed by atoms with E-state index in [1.165, 1.54) is 26.2 Å². The maximum Gasteiger partial charge on any atom is 0.406 e. The highest BCUT2D eigenvalue weighted by molar-refractivity contribution is 7.51. The minimum absolute atomic E-state index is 0.0126. The van der Waals surface area contributed by atoms with Crippen molar-refractivity contribution >= 4 is 13.7 Å². The molecule has 274 valence electrons. The van der Waals surface area contributed by atoms with Gasteiger partial charge in [0, 0.05) is 41.3 Å². The van der Waals surface area contributed by atoms with Gasteiger partial charge in [-0.1, -0.05) is 35.4 Å². The number of H-pyrrole nitrogens is 2. The average Bonchev–Trinajstić information content (AvgIpc) is 3.70. The number of aliphatic hydroxyl groups excluding tert-OH is 1. The van der Waals surface area contributed by atoms with Crippen LogP contribution in [-0.2, 0) is 39.0 Å². The highest BCUT2D eigenvalue weighted by Crippen LogP contribution is 2.50. The standard InChI is InChI=1S/C30H37N8O12P/c1-16-12-37(29(43)32-26(16)40)24-10-19(34-36-31)23(49-24)15-47-51(45,35-20(28(42)46-3)9-18-7-5-4-6-8-18)50-21-11-25(48-22(21)14-39)38-13-17(2)27(41)33-30(38)44/h4-8,12-13,19-25,39H,9-11,14-15H2,1-3H3,(H,35,45)(H,32,40,43)(H,33,41,44)/t19-,20?,21-,22+,23+,24+,25+,51?/m0/s1. The van der Waals surface area contributed by atoms with Crippen molar-refractivity contribution in [3.05, 3.63) is 112 Å². The molecule has 2 unspecified atom stereocenters. The number of benzene rings is 1. The van der Waals surface area contributed by atoms with E-state index in [4.69, 9.17) is 23.3 Å². The van der Waals surface area contributed by atoms with Gasteiger partial charge in [-0.25, -0.2) is 19.2 Å². The number of aromatic nitrogens is 4. The number of esters is 1. The summed E-state index contributed by atoms with van der Waals surface area (Å²) in [6, 6.07) is 6.53. The van der Waals surface area contributed by atoms with Gasteiger partial charge in [0.15, 0.2) is 0 Å². The van der Waals surface area contributed by atoms with Crippen LogP contribution in [0.2, 0.25) is 0 Å². The molecule has 51 heavy (non-hydrogen) atoms. The lowest BCUT2D eigenvalue weighted by Crippen LogP contribution is -2.40. The molecule has 4 heterocycles. The molecule has 2 aromatic heterocycles. The van der Waals surface area contributed by atoms with Gasteiger partial charge in [-0.05, 0) is 31.4 Å². The summed E-state index contributed by atoms with van der Waals surface area (Å²) in [5.74, 6) is -0.808. The van der Waals surface area contributed by atoms with Crippen molar-refractivity contribution in [3.8, 4) is 0 Å². The lowest BCUT2D eigenvalue weighted by molar-refractivity contribution is -0.142. The smallest absolute Gasteiger partial charge is 0.406 e. The molecular formula is C30H37N8O12P. The Morgan fingerprint density at radius 2 is 1.63 bits per heavy atom. The summed E-state index contributed by atoms with van der Waals surface area (Å²) < 4.78 is 45.6. The number of aromatic amines is 2. The minimum Gasteiger partial charge on any atom is -0.468 e. The second kappa shape index (κ2) is 16.1. The first-order valence-corrected chi connectivity index (χ1v) is 17.3. The van der Waals surface area contributed by atoms with Crippen LogP contribution in [0.3, 0.4) is 0 Å². The van der Waals surface area contributed by atoms with Gasteiger partial charge in [-0.2, -0.15) is 0 Å². The monoisotopic (exact) mass is 732 g/mol. The third kappa shape index (κ3) is 8.81. The normalized spacial score (nSPS) is 24.8. The highest BCUT2D eigenvalue weighted by atomic mass is 31.2. The van der Waals surface area contributed by atoms with Crippen LogP contribution in [0.1, 0.15) is 42.0 Å². The molecular weight excluding hydrogens is 695 g/mol. The molecule has 20 nitrogen and oxygen atoms in total. The van der Waals surface area contributed by atoms with Crippen molar-refractivity contribution in [2.24, 2.45) is 5.11 Å². The predicted molar refractivity (Wildman–Crippen MR) is 177 cm³/mol. The number of aliphatic hydroxyl groups is 1. The van der Waals surface area contributed by atoms with Crippen LogP contribution in [0, 0.1) is 13.8 Å². The molecule has 0 radical (unpaired) electrons. The zero-order valence-corrected chi connectivity index (χ0v) is 28.6. The Morgan fingerprint density at radius 1 is 1.04 bits per heavy atom. The molecule has 1 aromatic carbocycles. The van der Waals surface area contributed by atoms with E-state index in [0.717, 1.165) is 16.2 Å². The number of nitrogens with one attached hydrogen (secondary N) is 3. The Labute approximate surface area is 288 Å². The van der Waals surface area contributed by atoms with Crippen molar-refractivity contribution in [1.29, 1.82) is 0 Å². The van der Waals surface area contributed by atoms with E-state index in [-0.39, 0.29) is 30.4 Å². The second-order valence-corrected chi connectivity index (χ2v) is 13.7.